The van der Waals surface area contributed by atoms with E-state index >= 15 is 0 Å². The van der Waals surface area contributed by atoms with E-state index in [9.17, 15) is 5.11 Å². The van der Waals surface area contributed by atoms with Gasteiger partial charge in [-0.3, -0.25) is 0 Å². The highest BCUT2D eigenvalue weighted by molar-refractivity contribution is 5.37. The van der Waals surface area contributed by atoms with Gasteiger partial charge in [-0.25, -0.2) is 9.97 Å². The number of aromatic nitrogens is 2. The maximum atomic E-state index is 9.60. The second-order valence-electron chi connectivity index (χ2n) is 3.71. The molecule has 1 aromatic rings. The van der Waals surface area contributed by atoms with Crippen molar-refractivity contribution < 1.29 is 9.84 Å². The number of aliphatic hydroxyl groups excluding tert-OH is 1. The second-order valence-corrected chi connectivity index (χ2v) is 3.71. The Kier molecular flexibility index (Phi) is 5.14. The van der Waals surface area contributed by atoms with Gasteiger partial charge in [0.1, 0.15) is 12.1 Å². The zero-order chi connectivity index (χ0) is 12.0. The molecule has 0 saturated heterocycles. The number of hydrogen-bond donors (Lipinski definition) is 1. The average Bonchev–Trinajstić information content (AvgIpc) is 2.29. The first-order valence-electron chi connectivity index (χ1n) is 5.36. The third-order valence-corrected chi connectivity index (χ3v) is 2.31. The summed E-state index contributed by atoms with van der Waals surface area (Å²) in [6.45, 7) is 2.87. The van der Waals surface area contributed by atoms with Crippen molar-refractivity contribution in [1.29, 1.82) is 0 Å². The molecular weight excluding hydrogens is 206 g/mol. The molecule has 1 N–H and O–H groups in total. The third kappa shape index (κ3) is 3.75. The fourth-order valence-corrected chi connectivity index (χ4v) is 1.44. The monoisotopic (exact) mass is 225 g/mol. The molecule has 0 radical (unpaired) electrons. The Labute approximate surface area is 96.1 Å². The number of likely N-dealkylation sites (N-methyl/N-ethyl adjacent to an activating group) is 1. The SMILES string of the molecule is CCc1cc(N(C)CC(O)COC)ncn1. The Bertz CT molecular complexity index is 320. The molecule has 1 heterocycles. The molecule has 90 valence electrons. The number of hydrogen-bond acceptors (Lipinski definition) is 5. The van der Waals surface area contributed by atoms with Crippen molar-refractivity contribution in [3.8, 4) is 0 Å². The van der Waals surface area contributed by atoms with Crippen molar-refractivity contribution in [2.24, 2.45) is 0 Å². The molecule has 0 aliphatic rings. The fraction of sp³-hybridized carbons (Fsp3) is 0.636. The van der Waals surface area contributed by atoms with E-state index in [0.717, 1.165) is 17.9 Å². The van der Waals surface area contributed by atoms with Crippen LogP contribution in [-0.2, 0) is 11.2 Å². The van der Waals surface area contributed by atoms with Gasteiger partial charge < -0.3 is 14.7 Å². The van der Waals surface area contributed by atoms with Gasteiger partial charge >= 0.3 is 0 Å². The Morgan fingerprint density at radius 1 is 1.50 bits per heavy atom. The number of rotatable bonds is 6. The van der Waals surface area contributed by atoms with Crippen LogP contribution in [0, 0.1) is 0 Å². The van der Waals surface area contributed by atoms with Crippen molar-refractivity contribution in [2.45, 2.75) is 19.4 Å². The highest BCUT2D eigenvalue weighted by atomic mass is 16.5. The van der Waals surface area contributed by atoms with Crippen LogP contribution in [-0.4, -0.2) is 48.5 Å². The summed E-state index contributed by atoms with van der Waals surface area (Å²) < 4.78 is 4.88. The topological polar surface area (TPSA) is 58.5 Å². The van der Waals surface area contributed by atoms with E-state index in [1.165, 1.54) is 0 Å². The standard InChI is InChI=1S/C11H19N3O2/c1-4-9-5-11(13-8-12-9)14(2)6-10(15)7-16-3/h5,8,10,15H,4,6-7H2,1-3H3. The summed E-state index contributed by atoms with van der Waals surface area (Å²) in [5, 5.41) is 9.60. The lowest BCUT2D eigenvalue weighted by Gasteiger charge is -2.21. The van der Waals surface area contributed by atoms with Gasteiger partial charge in [0.25, 0.3) is 0 Å². The molecule has 1 rings (SSSR count). The zero-order valence-electron chi connectivity index (χ0n) is 10.1. The second kappa shape index (κ2) is 6.40. The van der Waals surface area contributed by atoms with E-state index in [1.54, 1.807) is 13.4 Å². The summed E-state index contributed by atoms with van der Waals surface area (Å²) in [4.78, 5) is 10.2. The van der Waals surface area contributed by atoms with Gasteiger partial charge in [0.2, 0.25) is 0 Å². The van der Waals surface area contributed by atoms with E-state index in [-0.39, 0.29) is 0 Å². The lowest BCUT2D eigenvalue weighted by atomic mass is 10.3. The number of anilines is 1. The van der Waals surface area contributed by atoms with Crippen LogP contribution in [0.5, 0.6) is 0 Å². The molecule has 16 heavy (non-hydrogen) atoms. The predicted octanol–water partition coefficient (Wildman–Crippen LogP) is 0.482. The van der Waals surface area contributed by atoms with Crippen LogP contribution in [0.15, 0.2) is 12.4 Å². The molecule has 1 atom stereocenters. The van der Waals surface area contributed by atoms with Gasteiger partial charge in [-0.1, -0.05) is 6.92 Å². The Morgan fingerprint density at radius 3 is 2.88 bits per heavy atom. The maximum Gasteiger partial charge on any atom is 0.132 e. The van der Waals surface area contributed by atoms with Crippen molar-refractivity contribution in [1.82, 2.24) is 9.97 Å². The molecule has 0 aliphatic carbocycles. The van der Waals surface area contributed by atoms with E-state index in [0.29, 0.717) is 13.2 Å². The van der Waals surface area contributed by atoms with Crippen LogP contribution in [0.3, 0.4) is 0 Å². The molecule has 1 unspecified atom stereocenters. The minimum atomic E-state index is -0.505. The Hall–Kier alpha value is -1.20. The van der Waals surface area contributed by atoms with Gasteiger partial charge in [-0.15, -0.1) is 0 Å². The van der Waals surface area contributed by atoms with Crippen LogP contribution < -0.4 is 4.90 Å². The lowest BCUT2D eigenvalue weighted by Crippen LogP contribution is -2.32. The first-order valence-corrected chi connectivity index (χ1v) is 5.36. The molecule has 0 fully saturated rings. The van der Waals surface area contributed by atoms with Gasteiger partial charge in [0, 0.05) is 32.5 Å². The molecule has 0 bridgehead atoms. The molecule has 0 aromatic carbocycles. The van der Waals surface area contributed by atoms with E-state index in [2.05, 4.69) is 9.97 Å². The van der Waals surface area contributed by atoms with Gasteiger partial charge in [0.05, 0.1) is 12.7 Å². The molecule has 5 heteroatoms. The minimum Gasteiger partial charge on any atom is -0.389 e. The van der Waals surface area contributed by atoms with E-state index in [4.69, 9.17) is 4.74 Å². The quantitative estimate of drug-likeness (QED) is 0.763. The fourth-order valence-electron chi connectivity index (χ4n) is 1.44. The number of nitrogens with zero attached hydrogens (tertiary/aromatic N) is 3. The zero-order valence-corrected chi connectivity index (χ0v) is 10.1. The molecule has 0 aliphatic heterocycles. The normalized spacial score (nSPS) is 12.5. The van der Waals surface area contributed by atoms with Crippen molar-refractivity contribution in [3.05, 3.63) is 18.1 Å². The number of ether oxygens (including phenoxy) is 1. The lowest BCUT2D eigenvalue weighted by molar-refractivity contribution is 0.0694. The molecule has 0 spiro atoms. The number of methoxy groups -OCH3 is 1. The smallest absolute Gasteiger partial charge is 0.132 e. The van der Waals surface area contributed by atoms with Crippen LogP contribution in [0.2, 0.25) is 0 Å². The first-order chi connectivity index (χ1) is 7.67. The summed E-state index contributed by atoms with van der Waals surface area (Å²) in [6, 6.07) is 1.93. The Balaban J connectivity index is 2.61. The summed E-state index contributed by atoms with van der Waals surface area (Å²) in [5.41, 5.74) is 0.998. The maximum absolute atomic E-state index is 9.60. The van der Waals surface area contributed by atoms with Crippen molar-refractivity contribution in [2.75, 3.05) is 32.2 Å². The number of aliphatic hydroxyl groups is 1. The van der Waals surface area contributed by atoms with Crippen LogP contribution >= 0.6 is 0 Å². The highest BCUT2D eigenvalue weighted by Crippen LogP contribution is 2.09. The molecule has 0 saturated carbocycles. The highest BCUT2D eigenvalue weighted by Gasteiger charge is 2.09. The van der Waals surface area contributed by atoms with Crippen molar-refractivity contribution in [3.63, 3.8) is 0 Å². The van der Waals surface area contributed by atoms with Gasteiger partial charge in [-0.2, -0.15) is 0 Å². The van der Waals surface area contributed by atoms with E-state index < -0.39 is 6.10 Å². The van der Waals surface area contributed by atoms with Crippen LogP contribution in [0.25, 0.3) is 0 Å². The average molecular weight is 225 g/mol. The van der Waals surface area contributed by atoms with E-state index in [1.807, 2.05) is 24.9 Å². The molecule has 5 nitrogen and oxygen atoms in total. The number of aryl methyl sites for hydroxylation is 1. The summed E-state index contributed by atoms with van der Waals surface area (Å²) in [5.74, 6) is 0.821. The summed E-state index contributed by atoms with van der Waals surface area (Å²) >= 11 is 0. The summed E-state index contributed by atoms with van der Waals surface area (Å²) in [6.07, 6.45) is 1.92. The minimum absolute atomic E-state index is 0.329. The van der Waals surface area contributed by atoms with Crippen LogP contribution in [0.1, 0.15) is 12.6 Å². The van der Waals surface area contributed by atoms with Crippen molar-refractivity contribution >= 4 is 5.82 Å². The third-order valence-electron chi connectivity index (χ3n) is 2.31. The summed E-state index contributed by atoms with van der Waals surface area (Å²) in [7, 11) is 3.46. The first kappa shape index (κ1) is 12.9. The molecule has 0 amide bonds. The van der Waals surface area contributed by atoms with Gasteiger partial charge in [0.15, 0.2) is 0 Å². The van der Waals surface area contributed by atoms with Gasteiger partial charge in [-0.05, 0) is 6.42 Å². The molecular formula is C11H19N3O2. The largest absolute Gasteiger partial charge is 0.389 e. The van der Waals surface area contributed by atoms with Crippen LogP contribution in [0.4, 0.5) is 5.82 Å². The Morgan fingerprint density at radius 2 is 2.25 bits per heavy atom. The molecule has 1 aromatic heterocycles. The predicted molar refractivity (Wildman–Crippen MR) is 62.6 cm³/mol.